The lowest BCUT2D eigenvalue weighted by atomic mass is 9.95. The van der Waals surface area contributed by atoms with E-state index in [1.807, 2.05) is 0 Å². The van der Waals surface area contributed by atoms with Gasteiger partial charge in [-0.1, -0.05) is 49.1 Å². The van der Waals surface area contributed by atoms with Crippen LogP contribution < -0.4 is 5.43 Å². The maximum atomic E-state index is 13.3. The highest BCUT2D eigenvalue weighted by Gasteiger charge is 2.33. The summed E-state index contributed by atoms with van der Waals surface area (Å²) in [6, 6.07) is 11.8. The number of nitrogens with one attached hydrogen (secondary N) is 1. The van der Waals surface area contributed by atoms with Gasteiger partial charge in [-0.15, -0.1) is 0 Å². The van der Waals surface area contributed by atoms with Gasteiger partial charge in [-0.3, -0.25) is 4.79 Å². The number of halogens is 1. The Kier molecular flexibility index (Phi) is 8.00. The van der Waals surface area contributed by atoms with E-state index in [4.69, 9.17) is 11.6 Å². The van der Waals surface area contributed by atoms with Gasteiger partial charge in [0.2, 0.25) is 10.0 Å². The van der Waals surface area contributed by atoms with Crippen molar-refractivity contribution in [3.8, 4) is 0 Å². The van der Waals surface area contributed by atoms with E-state index in [-0.39, 0.29) is 16.5 Å². The van der Waals surface area contributed by atoms with Crippen molar-refractivity contribution in [2.75, 3.05) is 6.54 Å². The number of carbonyl (C=O) groups excluding carboxylic acids is 1. The van der Waals surface area contributed by atoms with Crippen molar-refractivity contribution in [3.63, 3.8) is 0 Å². The van der Waals surface area contributed by atoms with Crippen molar-refractivity contribution in [2.45, 2.75) is 43.0 Å². The molecule has 2 aromatic rings. The van der Waals surface area contributed by atoms with Crippen molar-refractivity contribution in [3.05, 3.63) is 64.7 Å². The average molecular weight is 478 g/mol. The first-order valence-corrected chi connectivity index (χ1v) is 12.0. The number of aromatic carboxylic acids is 1. The summed E-state index contributed by atoms with van der Waals surface area (Å²) in [7, 11) is -3.92. The number of hydrogen-bond acceptors (Lipinski definition) is 5. The monoisotopic (exact) mass is 477 g/mol. The quantitative estimate of drug-likeness (QED) is 0.445. The molecule has 0 aliphatic heterocycles. The summed E-state index contributed by atoms with van der Waals surface area (Å²) in [5.74, 6) is -1.73. The van der Waals surface area contributed by atoms with E-state index in [0.717, 1.165) is 19.3 Å². The van der Waals surface area contributed by atoms with Gasteiger partial charge in [0.25, 0.3) is 5.91 Å². The maximum Gasteiger partial charge on any atom is 0.336 e. The first-order chi connectivity index (χ1) is 15.3. The highest BCUT2D eigenvalue weighted by molar-refractivity contribution is 7.89. The summed E-state index contributed by atoms with van der Waals surface area (Å²) in [4.78, 5) is 23.9. The Hall–Kier alpha value is -2.75. The number of benzene rings is 2. The molecule has 0 bridgehead atoms. The SMILES string of the molecule is O=C(CN(C1CCCCC1)S(=O)(=O)c1ccc(Cl)cc1)N/N=C\c1ccccc1C(=O)O. The molecule has 1 aliphatic rings. The highest BCUT2D eigenvalue weighted by atomic mass is 35.5. The number of rotatable bonds is 8. The van der Waals surface area contributed by atoms with Gasteiger partial charge in [0, 0.05) is 16.6 Å². The van der Waals surface area contributed by atoms with Crippen LogP contribution in [0.1, 0.15) is 48.0 Å². The van der Waals surface area contributed by atoms with Crippen molar-refractivity contribution in [2.24, 2.45) is 5.10 Å². The molecule has 1 saturated carbocycles. The zero-order valence-corrected chi connectivity index (χ0v) is 18.8. The van der Waals surface area contributed by atoms with Crippen LogP contribution in [0.4, 0.5) is 0 Å². The number of amides is 1. The van der Waals surface area contributed by atoms with E-state index in [1.54, 1.807) is 18.2 Å². The van der Waals surface area contributed by atoms with Gasteiger partial charge in [-0.25, -0.2) is 18.6 Å². The van der Waals surface area contributed by atoms with Gasteiger partial charge in [0.15, 0.2) is 0 Å². The summed E-state index contributed by atoms with van der Waals surface area (Å²) in [5, 5.41) is 13.5. The van der Waals surface area contributed by atoms with Crippen molar-refractivity contribution in [1.82, 2.24) is 9.73 Å². The van der Waals surface area contributed by atoms with Gasteiger partial charge in [-0.05, 0) is 43.2 Å². The second kappa shape index (κ2) is 10.7. The van der Waals surface area contributed by atoms with Gasteiger partial charge < -0.3 is 5.11 Å². The minimum absolute atomic E-state index is 0.0413. The van der Waals surface area contributed by atoms with Gasteiger partial charge >= 0.3 is 5.97 Å². The summed E-state index contributed by atoms with van der Waals surface area (Å²) >= 11 is 5.89. The van der Waals surface area contributed by atoms with Crippen molar-refractivity contribution >= 4 is 39.7 Å². The molecular formula is C22H24ClN3O5S. The zero-order valence-electron chi connectivity index (χ0n) is 17.3. The smallest absolute Gasteiger partial charge is 0.336 e. The van der Waals surface area contributed by atoms with E-state index < -0.39 is 28.4 Å². The van der Waals surface area contributed by atoms with Crippen LogP contribution in [0.5, 0.6) is 0 Å². The predicted molar refractivity (Wildman–Crippen MR) is 121 cm³/mol. The highest BCUT2D eigenvalue weighted by Crippen LogP contribution is 2.28. The summed E-state index contributed by atoms with van der Waals surface area (Å²) in [5.41, 5.74) is 2.67. The minimum Gasteiger partial charge on any atom is -0.478 e. The van der Waals surface area contributed by atoms with Crippen LogP contribution in [-0.2, 0) is 14.8 Å². The molecule has 10 heteroatoms. The molecular weight excluding hydrogens is 454 g/mol. The standard InChI is InChI=1S/C22H24ClN3O5S/c23-17-10-12-19(13-11-17)32(30,31)26(18-7-2-1-3-8-18)15-21(27)25-24-14-16-6-4-5-9-20(16)22(28)29/h4-6,9-14,18H,1-3,7-8,15H2,(H,25,27)(H,28,29)/b24-14-. The normalized spacial score (nSPS) is 15.2. The topological polar surface area (TPSA) is 116 Å². The average Bonchev–Trinajstić information content (AvgIpc) is 2.78. The molecule has 3 rings (SSSR count). The van der Waals surface area contributed by atoms with Crippen LogP contribution in [0.3, 0.4) is 0 Å². The molecule has 0 aromatic heterocycles. The zero-order chi connectivity index (χ0) is 23.1. The van der Waals surface area contributed by atoms with Crippen LogP contribution in [0.15, 0.2) is 58.5 Å². The third-order valence-electron chi connectivity index (χ3n) is 5.29. The lowest BCUT2D eigenvalue weighted by Gasteiger charge is -2.32. The van der Waals surface area contributed by atoms with E-state index in [0.29, 0.717) is 23.4 Å². The molecule has 0 radical (unpaired) electrons. The Bertz CT molecular complexity index is 1100. The summed E-state index contributed by atoms with van der Waals surface area (Å²) in [6.07, 6.45) is 5.39. The second-order valence-corrected chi connectivity index (χ2v) is 9.81. The fraction of sp³-hybridized carbons (Fsp3) is 0.318. The largest absolute Gasteiger partial charge is 0.478 e. The van der Waals surface area contributed by atoms with E-state index >= 15 is 0 Å². The maximum absolute atomic E-state index is 13.3. The molecule has 1 fully saturated rings. The van der Waals surface area contributed by atoms with Crippen LogP contribution in [0, 0.1) is 0 Å². The van der Waals surface area contributed by atoms with Crippen molar-refractivity contribution < 1.29 is 23.1 Å². The molecule has 8 nitrogen and oxygen atoms in total. The number of sulfonamides is 1. The molecule has 1 aliphatic carbocycles. The van der Waals surface area contributed by atoms with E-state index in [2.05, 4.69) is 10.5 Å². The molecule has 0 spiro atoms. The predicted octanol–water partition coefficient (Wildman–Crippen LogP) is 3.51. The van der Waals surface area contributed by atoms with Gasteiger partial charge in [0.1, 0.15) is 0 Å². The molecule has 0 unspecified atom stereocenters. The molecule has 0 heterocycles. The Labute approximate surface area is 191 Å². The first kappa shape index (κ1) is 23.9. The minimum atomic E-state index is -3.92. The Balaban J connectivity index is 1.77. The first-order valence-electron chi connectivity index (χ1n) is 10.2. The fourth-order valence-corrected chi connectivity index (χ4v) is 5.44. The molecule has 2 N–H and O–H groups in total. The number of carboxylic acids is 1. The number of nitrogens with zero attached hydrogens (tertiary/aromatic N) is 2. The lowest BCUT2D eigenvalue weighted by Crippen LogP contribution is -2.46. The van der Waals surface area contributed by atoms with E-state index in [9.17, 15) is 23.1 Å². The van der Waals surface area contributed by atoms with Gasteiger partial charge in [-0.2, -0.15) is 9.41 Å². The van der Waals surface area contributed by atoms with Crippen molar-refractivity contribution in [1.29, 1.82) is 0 Å². The Morgan fingerprint density at radius 3 is 2.41 bits per heavy atom. The second-order valence-electron chi connectivity index (χ2n) is 7.48. The molecule has 32 heavy (non-hydrogen) atoms. The van der Waals surface area contributed by atoms with Crippen LogP contribution in [0.2, 0.25) is 5.02 Å². The molecule has 1 amide bonds. The van der Waals surface area contributed by atoms with Crippen LogP contribution in [-0.4, -0.2) is 48.5 Å². The Morgan fingerprint density at radius 2 is 1.75 bits per heavy atom. The third kappa shape index (κ3) is 5.93. The number of carboxylic acid groups (broad SMARTS) is 1. The molecule has 0 saturated heterocycles. The van der Waals surface area contributed by atoms with Crippen LogP contribution in [0.25, 0.3) is 0 Å². The Morgan fingerprint density at radius 1 is 1.09 bits per heavy atom. The van der Waals surface area contributed by atoms with E-state index in [1.165, 1.54) is 40.9 Å². The number of hydrogen-bond donors (Lipinski definition) is 2. The lowest BCUT2D eigenvalue weighted by molar-refractivity contribution is -0.121. The molecule has 170 valence electrons. The van der Waals surface area contributed by atoms with Crippen LogP contribution >= 0.6 is 11.6 Å². The summed E-state index contributed by atoms with van der Waals surface area (Å²) in [6.45, 7) is -0.395. The third-order valence-corrected chi connectivity index (χ3v) is 7.45. The summed E-state index contributed by atoms with van der Waals surface area (Å²) < 4.78 is 27.8. The fourth-order valence-electron chi connectivity index (χ4n) is 3.68. The molecule has 2 aromatic carbocycles. The number of carbonyl (C=O) groups is 2. The number of hydrazone groups is 1. The van der Waals surface area contributed by atoms with Gasteiger partial charge in [0.05, 0.1) is 23.2 Å². The molecule has 0 atom stereocenters.